The Morgan fingerprint density at radius 3 is 2.00 bits per heavy atom. The summed E-state index contributed by atoms with van der Waals surface area (Å²) in [6.45, 7) is 5.06. The Labute approximate surface area is 45.1 Å². The van der Waals surface area contributed by atoms with Gasteiger partial charge in [0.1, 0.15) is 0 Å². The van der Waals surface area contributed by atoms with Gasteiger partial charge in [0, 0.05) is 0 Å². The Morgan fingerprint density at radius 2 is 2.00 bits per heavy atom. The summed E-state index contributed by atoms with van der Waals surface area (Å²) in [4.78, 5) is 0. The zero-order chi connectivity index (χ0) is 5.15. The van der Waals surface area contributed by atoms with Crippen molar-refractivity contribution in [2.45, 2.75) is 0 Å². The summed E-state index contributed by atoms with van der Waals surface area (Å²) >= 11 is 4.26. The molecule has 0 radical (unpaired) electrons. The van der Waals surface area contributed by atoms with Crippen molar-refractivity contribution in [2.24, 2.45) is 0 Å². The predicted octanol–water partition coefficient (Wildman–Crippen LogP) is -0.556. The van der Waals surface area contributed by atoms with E-state index in [1.807, 2.05) is 0 Å². The second-order valence-electron chi connectivity index (χ2n) is 0.703. The maximum atomic E-state index is 9.96. The Morgan fingerprint density at radius 1 is 1.83 bits per heavy atom. The van der Waals surface area contributed by atoms with Gasteiger partial charge in [-0.15, -0.1) is 0 Å². The van der Waals surface area contributed by atoms with Gasteiger partial charge in [0.25, 0.3) is 0 Å². The molecule has 0 spiro atoms. The van der Waals surface area contributed by atoms with Gasteiger partial charge in [-0.3, -0.25) is 0 Å². The second-order valence-corrected chi connectivity index (χ2v) is 6.13. The Hall–Kier alpha value is 0.525. The molecule has 0 fully saturated rings. The molecule has 0 aliphatic rings. The minimum absolute atomic E-state index is 0.580. The van der Waals surface area contributed by atoms with E-state index in [2.05, 4.69) is 11.2 Å². The molecule has 0 rings (SSSR count). The van der Waals surface area contributed by atoms with E-state index in [0.717, 1.165) is 0 Å². The van der Waals surface area contributed by atoms with Crippen LogP contribution in [-0.4, -0.2) is 17.0 Å². The zero-order valence-electron chi connectivity index (χ0n) is 3.21. The van der Waals surface area contributed by atoms with Crippen LogP contribution in [0.2, 0.25) is 0 Å². The normalized spacial score (nSPS) is 7.83. The van der Waals surface area contributed by atoms with Crippen LogP contribution in [0.4, 0.5) is 0 Å². The topological polar surface area (TPSA) is 17.1 Å². The van der Waals surface area contributed by atoms with Gasteiger partial charge < -0.3 is 0 Å². The third-order valence-corrected chi connectivity index (χ3v) is 3.86. The summed E-state index contributed by atoms with van der Waals surface area (Å²) in [6, 6.07) is 0. The average Bonchev–Trinajstić information content (AvgIpc) is 1.36. The van der Waals surface area contributed by atoms with Crippen molar-refractivity contribution in [3.05, 3.63) is 0 Å². The Kier molecular flexibility index (Phi) is 2.89. The van der Waals surface area contributed by atoms with Crippen LogP contribution < -0.4 is 0 Å². The number of hydrogen-bond donors (Lipinski definition) is 0. The molecule has 0 bridgehead atoms. The van der Waals surface area contributed by atoms with E-state index >= 15 is 0 Å². The van der Waals surface area contributed by atoms with E-state index in [0.29, 0.717) is 0 Å². The van der Waals surface area contributed by atoms with Crippen molar-refractivity contribution in [2.75, 3.05) is 6.26 Å². The molecule has 5 heteroatoms. The Balaban J connectivity index is 5.46. The van der Waals surface area contributed by atoms with Gasteiger partial charge in [-0.2, -0.15) is 0 Å². The third kappa shape index (κ3) is 2.75. The van der Waals surface area contributed by atoms with Crippen LogP contribution in [0, 0.1) is 0 Å². The fourth-order valence-electron chi connectivity index (χ4n) is 0. The molecule has 0 aromatic heterocycles. The molecule has 34 valence electrons. The molecule has 0 saturated heterocycles. The standard InChI is InChI=1S/CH3BOS3/c1-5(2)6(3)4/h1H3. The van der Waals surface area contributed by atoms with Crippen molar-refractivity contribution in [3.8, 4) is 0 Å². The van der Waals surface area contributed by atoms with Crippen LogP contribution in [0.15, 0.2) is 0 Å². The van der Waals surface area contributed by atoms with Gasteiger partial charge in [-0.25, -0.2) is 0 Å². The van der Waals surface area contributed by atoms with E-state index in [4.69, 9.17) is 6.53 Å². The van der Waals surface area contributed by atoms with Crippen LogP contribution >= 0.6 is 0 Å². The molecule has 0 aromatic carbocycles. The monoisotopic (exact) mass is 138 g/mol. The van der Waals surface area contributed by atoms with Gasteiger partial charge in [0.15, 0.2) is 0 Å². The van der Waals surface area contributed by atoms with Crippen molar-refractivity contribution in [1.82, 2.24) is 0 Å². The first-order chi connectivity index (χ1) is 2.64. The van der Waals surface area contributed by atoms with Crippen LogP contribution in [0.5, 0.6) is 0 Å². The zero-order valence-corrected chi connectivity index (χ0v) is 5.66. The summed E-state index contributed by atoms with van der Waals surface area (Å²) in [5.74, 6) is 0. The second kappa shape index (κ2) is 2.66. The molecular weight excluding hydrogens is 135 g/mol. The first-order valence-corrected chi connectivity index (χ1v) is 5.43. The van der Waals surface area contributed by atoms with E-state index in [9.17, 15) is 4.21 Å². The fraction of sp³-hybridized carbons (Fsp3) is 1.00. The molecule has 0 amide bonds. The molecular formula is CH3BOS3. The summed E-state index contributed by atoms with van der Waals surface area (Å²) in [5, 5.41) is 0. The molecule has 0 unspecified atom stereocenters. The molecule has 0 saturated carbocycles. The fourth-order valence-corrected chi connectivity index (χ4v) is 0. The Bertz CT molecular complexity index is 231. The molecule has 0 aromatic rings. The van der Waals surface area contributed by atoms with Crippen LogP contribution in [0.25, 0.3) is 0 Å². The quantitative estimate of drug-likeness (QED) is 0.417. The SMILES string of the molecule is B#S(C)=S(=O)=S. The minimum atomic E-state index is -1.23. The summed E-state index contributed by atoms with van der Waals surface area (Å²) in [5.41, 5.74) is 0. The first-order valence-electron chi connectivity index (χ1n) is 1.14. The first kappa shape index (κ1) is 6.52. The molecule has 0 atom stereocenters. The summed E-state index contributed by atoms with van der Waals surface area (Å²) in [6.07, 6.45) is 1.64. The van der Waals surface area contributed by atoms with E-state index < -0.39 is 16.6 Å². The maximum absolute atomic E-state index is 9.96. The molecule has 0 heterocycles. The third-order valence-electron chi connectivity index (χ3n) is 0.215. The van der Waals surface area contributed by atoms with Gasteiger partial charge in [-0.05, 0) is 0 Å². The van der Waals surface area contributed by atoms with Crippen LogP contribution in [0.1, 0.15) is 0 Å². The van der Waals surface area contributed by atoms with E-state index in [1.165, 1.54) is 0 Å². The molecule has 6 heavy (non-hydrogen) atoms. The predicted molar refractivity (Wildman–Crippen MR) is 34.6 cm³/mol. The van der Waals surface area contributed by atoms with Crippen LogP contribution in [-0.2, 0) is 27.8 Å². The van der Waals surface area contributed by atoms with Crippen LogP contribution in [0.3, 0.4) is 0 Å². The van der Waals surface area contributed by atoms with Gasteiger partial charge in [0.2, 0.25) is 0 Å². The number of rotatable bonds is 0. The summed E-state index contributed by atoms with van der Waals surface area (Å²) < 4.78 is 9.96. The van der Waals surface area contributed by atoms with Gasteiger partial charge in [-0.1, -0.05) is 0 Å². The molecule has 0 aliphatic carbocycles. The van der Waals surface area contributed by atoms with Crippen molar-refractivity contribution in [1.29, 1.82) is 0 Å². The van der Waals surface area contributed by atoms with E-state index in [1.54, 1.807) is 6.26 Å². The number of hydrogen-bond acceptors (Lipinski definition) is 2. The molecule has 1 nitrogen and oxygen atoms in total. The molecule has 0 aliphatic heterocycles. The average molecular weight is 138 g/mol. The van der Waals surface area contributed by atoms with Gasteiger partial charge >= 0.3 is 44.8 Å². The molecule has 0 N–H and O–H groups in total. The van der Waals surface area contributed by atoms with Crippen molar-refractivity contribution in [3.63, 3.8) is 0 Å². The van der Waals surface area contributed by atoms with Crippen molar-refractivity contribution < 1.29 is 4.21 Å². The van der Waals surface area contributed by atoms with Gasteiger partial charge in [0.05, 0.1) is 0 Å². The van der Waals surface area contributed by atoms with Crippen molar-refractivity contribution >= 4 is 34.3 Å². The van der Waals surface area contributed by atoms with E-state index in [-0.39, 0.29) is 0 Å². The summed E-state index contributed by atoms with van der Waals surface area (Å²) in [7, 11) is -1.81.